The predicted molar refractivity (Wildman–Crippen MR) is 269 cm³/mol. The number of nitrogens with zero attached hydrogens (tertiary/aromatic N) is 2. The first kappa shape index (κ1) is 36.8. The monoisotopic (exact) mass is 802 g/mol. The molecule has 296 valence electrons. The van der Waals surface area contributed by atoms with Gasteiger partial charge in [0.05, 0.1) is 22.2 Å². The Balaban J connectivity index is 1.20. The van der Waals surface area contributed by atoms with Crippen LogP contribution in [-0.2, 0) is 5.41 Å². The Bertz CT molecular complexity index is 3650. The fourth-order valence-electron chi connectivity index (χ4n) is 11.0. The smallest absolute Gasteiger partial charge is 0.131 e. The Hall–Kier alpha value is -8.07. The van der Waals surface area contributed by atoms with Gasteiger partial charge in [0, 0.05) is 21.9 Å². The van der Waals surface area contributed by atoms with E-state index in [9.17, 15) is 0 Å². The van der Waals surface area contributed by atoms with Gasteiger partial charge in [0.1, 0.15) is 5.82 Å². The lowest BCUT2D eigenvalue weighted by molar-refractivity contribution is 0.797. The molecule has 0 unspecified atom stereocenters. The molecule has 10 aromatic rings. The standard InChI is InChI=1S/C61H42N2/c1-5-46-47(6-2)58-51-26-14-18-30-56(51)63(60(58)59-57(46)50-25-13-17-29-54(50)61(59)52-27-15-11-23-48(52)49-24-12-16-28-53(49)61)39(4)62-55(45-34-32-41-20-8-10-22-44(41)37-45)35-38(3)42-33-31-40-19-7-9-21-43(40)36-42/h5-37H,1-2,4H2,3H3/b38-35+,62-55+. The van der Waals surface area contributed by atoms with E-state index in [-0.39, 0.29) is 0 Å². The molecular formula is C61H42N2. The molecule has 0 amide bonds. The van der Waals surface area contributed by atoms with E-state index in [1.165, 1.54) is 60.7 Å². The van der Waals surface area contributed by atoms with Gasteiger partial charge in [-0.1, -0.05) is 196 Å². The Morgan fingerprint density at radius 3 is 1.68 bits per heavy atom. The lowest BCUT2D eigenvalue weighted by Gasteiger charge is -2.32. The molecule has 2 heteroatoms. The van der Waals surface area contributed by atoms with Crippen LogP contribution in [0.1, 0.15) is 51.4 Å². The fourth-order valence-corrected chi connectivity index (χ4v) is 11.0. The molecule has 2 nitrogen and oxygen atoms in total. The van der Waals surface area contributed by atoms with E-state index < -0.39 is 5.41 Å². The van der Waals surface area contributed by atoms with E-state index in [4.69, 9.17) is 11.6 Å². The van der Waals surface area contributed by atoms with Crippen LogP contribution in [0.3, 0.4) is 0 Å². The third kappa shape index (κ3) is 5.16. The molecule has 1 heterocycles. The molecular weight excluding hydrogens is 761 g/mol. The summed E-state index contributed by atoms with van der Waals surface area (Å²) in [5.74, 6) is 0.626. The van der Waals surface area contributed by atoms with Crippen LogP contribution in [0.2, 0.25) is 0 Å². The molecule has 0 saturated carbocycles. The third-order valence-electron chi connectivity index (χ3n) is 13.6. The highest BCUT2D eigenvalue weighted by atomic mass is 15.1. The molecule has 0 atom stereocenters. The number of hydrogen-bond donors (Lipinski definition) is 0. The van der Waals surface area contributed by atoms with Crippen LogP contribution in [0.25, 0.3) is 89.2 Å². The van der Waals surface area contributed by atoms with Gasteiger partial charge in [-0.15, -0.1) is 0 Å². The summed E-state index contributed by atoms with van der Waals surface area (Å²) < 4.78 is 2.33. The highest BCUT2D eigenvalue weighted by Gasteiger charge is 2.54. The SMILES string of the molecule is C=Cc1c2c(c3c(c1C=C)c1ccccc1n3C(=C)/N=C(\C=C(/C)c1ccc3ccccc3c1)c1ccc3ccccc3c1)C1(c3ccccc3-c3ccccc31)c1ccccc1-2. The molecule has 2 aliphatic carbocycles. The van der Waals surface area contributed by atoms with Gasteiger partial charge >= 0.3 is 0 Å². The van der Waals surface area contributed by atoms with E-state index >= 15 is 0 Å². The molecule has 9 aromatic carbocycles. The summed E-state index contributed by atoms with van der Waals surface area (Å²) in [6.07, 6.45) is 6.28. The maximum absolute atomic E-state index is 5.66. The average Bonchev–Trinajstić information content (AvgIpc) is 3.95. The molecule has 63 heavy (non-hydrogen) atoms. The van der Waals surface area contributed by atoms with Crippen LogP contribution in [0.5, 0.6) is 0 Å². The summed E-state index contributed by atoms with van der Waals surface area (Å²) in [5.41, 5.74) is 17.7. The fraction of sp³-hybridized carbons (Fsp3) is 0.0328. The van der Waals surface area contributed by atoms with Gasteiger partial charge < -0.3 is 0 Å². The van der Waals surface area contributed by atoms with Crippen LogP contribution in [0.4, 0.5) is 0 Å². The zero-order valence-corrected chi connectivity index (χ0v) is 35.1. The summed E-state index contributed by atoms with van der Waals surface area (Å²) in [7, 11) is 0. The number of aliphatic imine (C=N–C) groups is 1. The van der Waals surface area contributed by atoms with Crippen molar-refractivity contribution in [2.45, 2.75) is 12.3 Å². The van der Waals surface area contributed by atoms with Crippen molar-refractivity contribution in [3.63, 3.8) is 0 Å². The first-order chi connectivity index (χ1) is 31.0. The number of benzene rings is 9. The van der Waals surface area contributed by atoms with Gasteiger partial charge in [-0.25, -0.2) is 4.99 Å². The Morgan fingerprint density at radius 1 is 0.540 bits per heavy atom. The van der Waals surface area contributed by atoms with Crippen molar-refractivity contribution in [3.8, 4) is 22.3 Å². The van der Waals surface area contributed by atoms with Crippen molar-refractivity contribution in [2.24, 2.45) is 4.99 Å². The second kappa shape index (κ2) is 14.0. The number of hydrogen-bond acceptors (Lipinski definition) is 1. The topological polar surface area (TPSA) is 17.3 Å². The van der Waals surface area contributed by atoms with Crippen molar-refractivity contribution in [3.05, 3.63) is 252 Å². The van der Waals surface area contributed by atoms with Crippen LogP contribution in [0.15, 0.2) is 213 Å². The maximum atomic E-state index is 5.66. The maximum Gasteiger partial charge on any atom is 0.131 e. The van der Waals surface area contributed by atoms with Gasteiger partial charge in [-0.2, -0.15) is 0 Å². The molecule has 1 spiro atoms. The second-order valence-corrected chi connectivity index (χ2v) is 16.8. The largest absolute Gasteiger partial charge is 0.294 e. The highest BCUT2D eigenvalue weighted by molar-refractivity contribution is 6.21. The summed E-state index contributed by atoms with van der Waals surface area (Å²) in [5, 5.41) is 7.00. The minimum Gasteiger partial charge on any atom is -0.294 e. The van der Waals surface area contributed by atoms with E-state index in [0.717, 1.165) is 60.7 Å². The van der Waals surface area contributed by atoms with Crippen molar-refractivity contribution >= 4 is 72.6 Å². The number of aromatic nitrogens is 1. The third-order valence-corrected chi connectivity index (χ3v) is 13.6. The average molecular weight is 803 g/mol. The van der Waals surface area contributed by atoms with Crippen molar-refractivity contribution < 1.29 is 0 Å². The Labute approximate surface area is 367 Å². The number of allylic oxidation sites excluding steroid dienone is 2. The van der Waals surface area contributed by atoms with E-state index in [0.29, 0.717) is 5.82 Å². The molecule has 0 saturated heterocycles. The van der Waals surface area contributed by atoms with Gasteiger partial charge in [0.25, 0.3) is 0 Å². The van der Waals surface area contributed by atoms with Gasteiger partial charge in [-0.05, 0) is 114 Å². The van der Waals surface area contributed by atoms with E-state index in [2.05, 4.69) is 213 Å². The molecule has 0 aliphatic heterocycles. The summed E-state index contributed by atoms with van der Waals surface area (Å²) in [4.78, 5) is 5.66. The molecule has 0 fully saturated rings. The summed E-state index contributed by atoms with van der Waals surface area (Å²) in [6.45, 7) is 16.1. The minimum atomic E-state index is -0.626. The highest BCUT2D eigenvalue weighted by Crippen LogP contribution is 2.65. The molecule has 12 rings (SSSR count). The number of rotatable bonds is 7. The quantitative estimate of drug-likeness (QED) is 0.143. The zero-order valence-electron chi connectivity index (χ0n) is 35.1. The van der Waals surface area contributed by atoms with Crippen molar-refractivity contribution in [1.82, 2.24) is 4.57 Å². The molecule has 2 aliphatic rings. The van der Waals surface area contributed by atoms with Crippen molar-refractivity contribution in [2.75, 3.05) is 0 Å². The van der Waals surface area contributed by atoms with Gasteiger partial charge in [0.15, 0.2) is 0 Å². The predicted octanol–water partition coefficient (Wildman–Crippen LogP) is 15.8. The van der Waals surface area contributed by atoms with Gasteiger partial charge in [0.2, 0.25) is 0 Å². The molecule has 0 radical (unpaired) electrons. The van der Waals surface area contributed by atoms with Crippen LogP contribution in [0, 0.1) is 0 Å². The zero-order chi connectivity index (χ0) is 42.4. The summed E-state index contributed by atoms with van der Waals surface area (Å²) >= 11 is 0. The second-order valence-electron chi connectivity index (χ2n) is 16.8. The normalized spacial score (nSPS) is 13.7. The number of para-hydroxylation sites is 1. The Kier molecular flexibility index (Phi) is 8.16. The molecule has 0 bridgehead atoms. The van der Waals surface area contributed by atoms with E-state index in [1.54, 1.807) is 0 Å². The first-order valence-corrected chi connectivity index (χ1v) is 21.6. The molecule has 1 aromatic heterocycles. The summed E-state index contributed by atoms with van der Waals surface area (Å²) in [6, 6.07) is 66.0. The van der Waals surface area contributed by atoms with Crippen LogP contribution >= 0.6 is 0 Å². The lowest BCUT2D eigenvalue weighted by Crippen LogP contribution is -2.27. The van der Waals surface area contributed by atoms with Crippen LogP contribution < -0.4 is 0 Å². The first-order valence-electron chi connectivity index (χ1n) is 21.6. The van der Waals surface area contributed by atoms with E-state index in [1.807, 2.05) is 12.2 Å². The Morgan fingerprint density at radius 2 is 1.05 bits per heavy atom. The van der Waals surface area contributed by atoms with Crippen molar-refractivity contribution in [1.29, 1.82) is 0 Å². The van der Waals surface area contributed by atoms with Gasteiger partial charge in [-0.3, -0.25) is 4.57 Å². The lowest BCUT2D eigenvalue weighted by atomic mass is 9.69. The number of fused-ring (bicyclic) bond motifs is 16. The van der Waals surface area contributed by atoms with Crippen LogP contribution in [-0.4, -0.2) is 10.3 Å². The minimum absolute atomic E-state index is 0.626. The molecule has 0 N–H and O–H groups in total.